The van der Waals surface area contributed by atoms with Crippen molar-refractivity contribution in [2.75, 3.05) is 26.4 Å². The van der Waals surface area contributed by atoms with Crippen LogP contribution in [0.1, 0.15) is 245 Å². The van der Waals surface area contributed by atoms with E-state index in [1.165, 1.54) is 122 Å². The Morgan fingerprint density at radius 3 is 1.19 bits per heavy atom. The molecule has 69 heavy (non-hydrogen) atoms. The standard InChI is InChI=1S/C59H104NO8P/c1-3-5-7-9-11-13-15-17-19-20-21-22-23-24-25-26-27-28-29-30-31-32-33-34-35-36-38-40-42-44-46-48-50-52-59(62)68-57(56-67-69(63,64)66-54-53-60)55-65-58(61)51-49-47-45-43-41-39-37-18-16-14-12-10-8-6-4-2/h5,7,11,13,17,19,21-22,24-25,27-28,30-31,57H,3-4,6,8-10,12,14-16,18,20,23,26,29,32-56,60H2,1-2H3,(H,63,64)/b7-5-,13-11-,19-17-,22-21-,25-24-,28-27-,31-30-. The zero-order valence-corrected chi connectivity index (χ0v) is 45.2. The van der Waals surface area contributed by atoms with Crippen molar-refractivity contribution in [3.63, 3.8) is 0 Å². The maximum atomic E-state index is 12.7. The summed E-state index contributed by atoms with van der Waals surface area (Å²) < 4.78 is 33.0. The van der Waals surface area contributed by atoms with Crippen LogP contribution in [-0.4, -0.2) is 49.3 Å². The first-order valence-electron chi connectivity index (χ1n) is 28.1. The molecule has 0 amide bonds. The van der Waals surface area contributed by atoms with E-state index in [4.69, 9.17) is 24.3 Å². The van der Waals surface area contributed by atoms with E-state index in [2.05, 4.69) is 98.9 Å². The van der Waals surface area contributed by atoms with Gasteiger partial charge in [-0.15, -0.1) is 0 Å². The Labute approximate surface area is 424 Å². The molecule has 0 aromatic rings. The highest BCUT2D eigenvalue weighted by atomic mass is 31.2. The molecule has 0 aliphatic heterocycles. The SMILES string of the molecule is CC/C=C\C/C=C\C/C=C\C/C=C\C/C=C\C/C=C\C/C=C\CCCCCCCCCCCCCC(=O)OC(COC(=O)CCCCCCCCCCCCCCCCC)COP(=O)(O)OCCN. The number of unbranched alkanes of at least 4 members (excludes halogenated alkanes) is 25. The summed E-state index contributed by atoms with van der Waals surface area (Å²) in [6, 6.07) is 0. The third-order valence-corrected chi connectivity index (χ3v) is 12.8. The van der Waals surface area contributed by atoms with Gasteiger partial charge in [-0.3, -0.25) is 18.6 Å². The second kappa shape index (κ2) is 54.5. The number of ether oxygens (including phenoxy) is 2. The van der Waals surface area contributed by atoms with Crippen molar-refractivity contribution in [1.82, 2.24) is 0 Å². The van der Waals surface area contributed by atoms with E-state index in [0.717, 1.165) is 89.9 Å². The van der Waals surface area contributed by atoms with Crippen molar-refractivity contribution >= 4 is 19.8 Å². The third-order valence-electron chi connectivity index (χ3n) is 11.8. The van der Waals surface area contributed by atoms with Gasteiger partial charge in [0, 0.05) is 19.4 Å². The van der Waals surface area contributed by atoms with Crippen molar-refractivity contribution < 1.29 is 37.6 Å². The summed E-state index contributed by atoms with van der Waals surface area (Å²) in [5, 5.41) is 0. The first-order chi connectivity index (χ1) is 33.8. The van der Waals surface area contributed by atoms with Crippen LogP contribution < -0.4 is 5.73 Å². The molecule has 0 radical (unpaired) electrons. The van der Waals surface area contributed by atoms with Gasteiger partial charge in [-0.2, -0.15) is 0 Å². The van der Waals surface area contributed by atoms with Gasteiger partial charge in [-0.25, -0.2) is 4.57 Å². The topological polar surface area (TPSA) is 134 Å². The van der Waals surface area contributed by atoms with Gasteiger partial charge in [0.2, 0.25) is 0 Å². The molecule has 0 heterocycles. The van der Waals surface area contributed by atoms with Gasteiger partial charge >= 0.3 is 19.8 Å². The summed E-state index contributed by atoms with van der Waals surface area (Å²) >= 11 is 0. The summed E-state index contributed by atoms with van der Waals surface area (Å²) in [4.78, 5) is 35.1. The molecule has 10 heteroatoms. The molecule has 0 saturated heterocycles. The number of hydrogen-bond donors (Lipinski definition) is 2. The minimum atomic E-state index is -4.39. The molecule has 2 unspecified atom stereocenters. The Morgan fingerprint density at radius 1 is 0.449 bits per heavy atom. The molecular formula is C59H104NO8P. The Balaban J connectivity index is 3.97. The molecule has 0 aliphatic rings. The predicted molar refractivity (Wildman–Crippen MR) is 293 cm³/mol. The van der Waals surface area contributed by atoms with E-state index in [0.29, 0.717) is 6.42 Å². The molecule has 0 rings (SSSR count). The number of carbonyl (C=O) groups is 2. The van der Waals surface area contributed by atoms with Crippen molar-refractivity contribution in [1.29, 1.82) is 0 Å². The lowest BCUT2D eigenvalue weighted by Gasteiger charge is -2.19. The summed E-state index contributed by atoms with van der Waals surface area (Å²) in [7, 11) is -4.39. The minimum absolute atomic E-state index is 0.0511. The third kappa shape index (κ3) is 54.4. The molecule has 3 N–H and O–H groups in total. The van der Waals surface area contributed by atoms with Crippen LogP contribution in [0.3, 0.4) is 0 Å². The fraction of sp³-hybridized carbons (Fsp3) is 0.729. The Hall–Kier alpha value is -2.81. The highest BCUT2D eigenvalue weighted by Crippen LogP contribution is 2.43. The maximum Gasteiger partial charge on any atom is 0.472 e. The molecule has 0 bridgehead atoms. The number of rotatable bonds is 52. The van der Waals surface area contributed by atoms with Gasteiger partial charge < -0.3 is 20.1 Å². The molecule has 0 fully saturated rings. The number of esters is 2. The highest BCUT2D eigenvalue weighted by molar-refractivity contribution is 7.47. The van der Waals surface area contributed by atoms with Crippen molar-refractivity contribution in [3.05, 3.63) is 85.1 Å². The van der Waals surface area contributed by atoms with E-state index in [1.807, 2.05) is 0 Å². The molecule has 0 aromatic carbocycles. The van der Waals surface area contributed by atoms with Gasteiger partial charge in [0.05, 0.1) is 13.2 Å². The molecule has 9 nitrogen and oxygen atoms in total. The smallest absolute Gasteiger partial charge is 0.462 e. The second-order valence-corrected chi connectivity index (χ2v) is 19.9. The minimum Gasteiger partial charge on any atom is -0.462 e. The highest BCUT2D eigenvalue weighted by Gasteiger charge is 2.26. The number of phosphoric ester groups is 1. The Kier molecular flexibility index (Phi) is 52.3. The first kappa shape index (κ1) is 66.2. The lowest BCUT2D eigenvalue weighted by molar-refractivity contribution is -0.161. The Morgan fingerprint density at radius 2 is 0.797 bits per heavy atom. The van der Waals surface area contributed by atoms with Crippen LogP contribution in [-0.2, 0) is 32.7 Å². The zero-order valence-electron chi connectivity index (χ0n) is 44.3. The van der Waals surface area contributed by atoms with Crippen molar-refractivity contribution in [2.45, 2.75) is 251 Å². The van der Waals surface area contributed by atoms with Gasteiger partial charge in [0.25, 0.3) is 0 Å². The second-order valence-electron chi connectivity index (χ2n) is 18.4. The van der Waals surface area contributed by atoms with Crippen molar-refractivity contribution in [2.24, 2.45) is 5.73 Å². The van der Waals surface area contributed by atoms with E-state index in [-0.39, 0.29) is 38.6 Å². The van der Waals surface area contributed by atoms with Gasteiger partial charge in [0.15, 0.2) is 6.10 Å². The van der Waals surface area contributed by atoms with Crippen LogP contribution >= 0.6 is 7.82 Å². The fourth-order valence-corrected chi connectivity index (χ4v) is 8.44. The van der Waals surface area contributed by atoms with Crippen LogP contribution in [0.25, 0.3) is 0 Å². The van der Waals surface area contributed by atoms with E-state index in [9.17, 15) is 19.0 Å². The molecule has 0 aromatic heterocycles. The number of hydrogen-bond acceptors (Lipinski definition) is 8. The van der Waals surface area contributed by atoms with Crippen LogP contribution in [0, 0.1) is 0 Å². The summed E-state index contributed by atoms with van der Waals surface area (Å²) in [5.74, 6) is -0.827. The summed E-state index contributed by atoms with van der Waals surface area (Å²) in [5.41, 5.74) is 5.37. The lowest BCUT2D eigenvalue weighted by Crippen LogP contribution is -2.29. The van der Waals surface area contributed by atoms with Gasteiger partial charge in [-0.1, -0.05) is 247 Å². The van der Waals surface area contributed by atoms with E-state index in [1.54, 1.807) is 0 Å². The molecular weight excluding hydrogens is 882 g/mol. The van der Waals surface area contributed by atoms with Gasteiger partial charge in [0.1, 0.15) is 6.61 Å². The molecule has 0 saturated carbocycles. The fourth-order valence-electron chi connectivity index (χ4n) is 7.68. The van der Waals surface area contributed by atoms with E-state index < -0.39 is 26.5 Å². The van der Waals surface area contributed by atoms with E-state index >= 15 is 0 Å². The average Bonchev–Trinajstić information content (AvgIpc) is 3.34. The molecule has 398 valence electrons. The first-order valence-corrected chi connectivity index (χ1v) is 29.6. The molecule has 0 aliphatic carbocycles. The van der Waals surface area contributed by atoms with Gasteiger partial charge in [-0.05, 0) is 70.6 Å². The molecule has 0 spiro atoms. The predicted octanol–water partition coefficient (Wildman–Crippen LogP) is 17.5. The lowest BCUT2D eigenvalue weighted by atomic mass is 10.0. The monoisotopic (exact) mass is 986 g/mol. The van der Waals surface area contributed by atoms with Crippen LogP contribution in [0.2, 0.25) is 0 Å². The summed E-state index contributed by atoms with van der Waals surface area (Å²) in [6.07, 6.45) is 70.6. The number of allylic oxidation sites excluding steroid dienone is 14. The van der Waals surface area contributed by atoms with Crippen LogP contribution in [0.15, 0.2) is 85.1 Å². The van der Waals surface area contributed by atoms with Crippen molar-refractivity contribution in [3.8, 4) is 0 Å². The van der Waals surface area contributed by atoms with Crippen LogP contribution in [0.5, 0.6) is 0 Å². The maximum absolute atomic E-state index is 12.7. The normalized spacial score (nSPS) is 13.7. The number of carbonyl (C=O) groups excluding carboxylic acids is 2. The number of phosphoric acid groups is 1. The zero-order chi connectivity index (χ0) is 50.2. The largest absolute Gasteiger partial charge is 0.472 e. The average molecular weight is 986 g/mol. The quantitative estimate of drug-likeness (QED) is 0.0264. The molecule has 2 atom stereocenters. The summed E-state index contributed by atoms with van der Waals surface area (Å²) in [6.45, 7) is 3.64. The Bertz CT molecular complexity index is 1400. The number of nitrogens with two attached hydrogens (primary N) is 1. The van der Waals surface area contributed by atoms with Crippen LogP contribution in [0.4, 0.5) is 0 Å².